The normalized spacial score (nSPS) is 20.6. The first-order valence-corrected chi connectivity index (χ1v) is 7.86. The maximum absolute atomic E-state index is 12.6. The van der Waals surface area contributed by atoms with Crippen molar-refractivity contribution >= 4 is 26.0 Å². The van der Waals surface area contributed by atoms with E-state index in [-0.39, 0.29) is 5.54 Å². The Morgan fingerprint density at radius 2 is 1.94 bits per heavy atom. The van der Waals surface area contributed by atoms with Crippen molar-refractivity contribution in [3.05, 3.63) is 28.7 Å². The van der Waals surface area contributed by atoms with E-state index >= 15 is 0 Å². The van der Waals surface area contributed by atoms with Gasteiger partial charge in [0, 0.05) is 16.6 Å². The Hall–Kier alpha value is -0.390. The van der Waals surface area contributed by atoms with Crippen LogP contribution in [-0.4, -0.2) is 24.8 Å². The molecule has 0 aliphatic carbocycles. The van der Waals surface area contributed by atoms with Crippen LogP contribution in [0.25, 0.3) is 0 Å². The lowest BCUT2D eigenvalue weighted by Crippen LogP contribution is -2.42. The van der Waals surface area contributed by atoms with E-state index in [0.717, 1.165) is 12.8 Å². The van der Waals surface area contributed by atoms with Crippen LogP contribution in [0.1, 0.15) is 26.7 Å². The molecule has 0 amide bonds. The standard InChI is InChI=1S/C12H16BrNO2S/c1-12(2)8-5-9-14(12)17(15,16)11-7-4-3-6-10(11)13/h3-4,6-7H,5,8-9H2,1-2H3. The van der Waals surface area contributed by atoms with Gasteiger partial charge in [-0.15, -0.1) is 0 Å². The minimum absolute atomic E-state index is 0.284. The quantitative estimate of drug-likeness (QED) is 0.840. The topological polar surface area (TPSA) is 37.4 Å². The molecule has 3 nitrogen and oxygen atoms in total. The van der Waals surface area contributed by atoms with Crippen molar-refractivity contribution in [1.29, 1.82) is 0 Å². The summed E-state index contributed by atoms with van der Waals surface area (Å²) in [6.45, 7) is 4.57. The predicted octanol–water partition coefficient (Wildman–Crippen LogP) is 3.01. The lowest BCUT2D eigenvalue weighted by Gasteiger charge is -2.30. The lowest BCUT2D eigenvalue weighted by molar-refractivity contribution is 0.291. The average Bonchev–Trinajstić information content (AvgIpc) is 2.59. The molecule has 0 spiro atoms. The lowest BCUT2D eigenvalue weighted by atomic mass is 10.0. The number of hydrogen-bond donors (Lipinski definition) is 0. The summed E-state index contributed by atoms with van der Waals surface area (Å²) in [7, 11) is -3.39. The molecule has 0 saturated carbocycles. The molecule has 94 valence electrons. The molecule has 1 aliphatic heterocycles. The van der Waals surface area contributed by atoms with E-state index < -0.39 is 10.0 Å². The molecular weight excluding hydrogens is 302 g/mol. The molecule has 2 rings (SSSR count). The maximum atomic E-state index is 12.6. The summed E-state index contributed by atoms with van der Waals surface area (Å²) < 4.78 is 27.4. The maximum Gasteiger partial charge on any atom is 0.244 e. The van der Waals surface area contributed by atoms with Crippen molar-refractivity contribution in [1.82, 2.24) is 4.31 Å². The second-order valence-electron chi connectivity index (χ2n) is 4.92. The van der Waals surface area contributed by atoms with Crippen LogP contribution in [-0.2, 0) is 10.0 Å². The molecule has 0 bridgehead atoms. The average molecular weight is 318 g/mol. The van der Waals surface area contributed by atoms with Crippen molar-refractivity contribution in [2.24, 2.45) is 0 Å². The predicted molar refractivity (Wildman–Crippen MR) is 71.3 cm³/mol. The minimum Gasteiger partial charge on any atom is -0.207 e. The third-order valence-corrected chi connectivity index (χ3v) is 6.35. The molecule has 0 atom stereocenters. The van der Waals surface area contributed by atoms with Gasteiger partial charge in [-0.05, 0) is 54.8 Å². The molecule has 17 heavy (non-hydrogen) atoms. The Labute approximate surface area is 111 Å². The summed E-state index contributed by atoms with van der Waals surface area (Å²) in [5.74, 6) is 0. The smallest absolute Gasteiger partial charge is 0.207 e. The fraction of sp³-hybridized carbons (Fsp3) is 0.500. The second kappa shape index (κ2) is 4.37. The highest BCUT2D eigenvalue weighted by molar-refractivity contribution is 9.10. The van der Waals surface area contributed by atoms with E-state index in [2.05, 4.69) is 15.9 Å². The first-order valence-electron chi connectivity index (χ1n) is 5.63. The van der Waals surface area contributed by atoms with Crippen LogP contribution in [0.3, 0.4) is 0 Å². The van der Waals surface area contributed by atoms with Gasteiger partial charge in [-0.3, -0.25) is 0 Å². The van der Waals surface area contributed by atoms with Crippen LogP contribution in [0.2, 0.25) is 0 Å². The van der Waals surface area contributed by atoms with Gasteiger partial charge < -0.3 is 0 Å². The van der Waals surface area contributed by atoms with Gasteiger partial charge in [-0.1, -0.05) is 12.1 Å². The van der Waals surface area contributed by atoms with Gasteiger partial charge in [0.05, 0.1) is 4.90 Å². The molecule has 1 saturated heterocycles. The van der Waals surface area contributed by atoms with Gasteiger partial charge in [0.15, 0.2) is 0 Å². The van der Waals surface area contributed by atoms with Crippen LogP contribution in [0, 0.1) is 0 Å². The molecule has 0 radical (unpaired) electrons. The molecule has 1 aromatic rings. The van der Waals surface area contributed by atoms with E-state index in [4.69, 9.17) is 0 Å². The molecule has 1 aliphatic rings. The van der Waals surface area contributed by atoms with Gasteiger partial charge >= 0.3 is 0 Å². The van der Waals surface area contributed by atoms with Gasteiger partial charge in [0.1, 0.15) is 0 Å². The summed E-state index contributed by atoms with van der Waals surface area (Å²) in [5, 5.41) is 0. The molecule has 0 N–H and O–H groups in total. The van der Waals surface area contributed by atoms with E-state index in [1.807, 2.05) is 19.9 Å². The first kappa shape index (κ1) is 13.1. The van der Waals surface area contributed by atoms with Crippen molar-refractivity contribution < 1.29 is 8.42 Å². The molecule has 1 aromatic carbocycles. The number of nitrogens with zero attached hydrogens (tertiary/aromatic N) is 1. The second-order valence-corrected chi connectivity index (χ2v) is 7.61. The minimum atomic E-state index is -3.39. The van der Waals surface area contributed by atoms with E-state index in [0.29, 0.717) is 15.9 Å². The Bertz CT molecular complexity index is 525. The third-order valence-electron chi connectivity index (χ3n) is 3.23. The molecule has 1 heterocycles. The SMILES string of the molecule is CC1(C)CCCN1S(=O)(=O)c1ccccc1Br. The van der Waals surface area contributed by atoms with Gasteiger partial charge in [0.25, 0.3) is 0 Å². The highest BCUT2D eigenvalue weighted by Crippen LogP contribution is 2.35. The van der Waals surface area contributed by atoms with Crippen LogP contribution in [0.4, 0.5) is 0 Å². The Balaban J connectivity index is 2.48. The van der Waals surface area contributed by atoms with Gasteiger partial charge in [-0.25, -0.2) is 8.42 Å². The van der Waals surface area contributed by atoms with Crippen molar-refractivity contribution in [3.8, 4) is 0 Å². The summed E-state index contributed by atoms with van der Waals surface area (Å²) in [6, 6.07) is 6.97. The van der Waals surface area contributed by atoms with Gasteiger partial charge in [0.2, 0.25) is 10.0 Å². The van der Waals surface area contributed by atoms with E-state index in [1.165, 1.54) is 0 Å². The Morgan fingerprint density at radius 1 is 1.29 bits per heavy atom. The molecule has 0 unspecified atom stereocenters. The Morgan fingerprint density at radius 3 is 2.47 bits per heavy atom. The fourth-order valence-corrected chi connectivity index (χ4v) is 5.11. The number of benzene rings is 1. The zero-order chi connectivity index (χ0) is 12.7. The number of hydrogen-bond acceptors (Lipinski definition) is 2. The zero-order valence-electron chi connectivity index (χ0n) is 9.98. The van der Waals surface area contributed by atoms with Crippen molar-refractivity contribution in [3.63, 3.8) is 0 Å². The summed E-state index contributed by atoms with van der Waals surface area (Å²) in [5.41, 5.74) is -0.284. The van der Waals surface area contributed by atoms with Crippen molar-refractivity contribution in [2.75, 3.05) is 6.54 Å². The van der Waals surface area contributed by atoms with E-state index in [9.17, 15) is 8.42 Å². The van der Waals surface area contributed by atoms with E-state index in [1.54, 1.807) is 22.5 Å². The van der Waals surface area contributed by atoms with Crippen molar-refractivity contribution in [2.45, 2.75) is 37.1 Å². The first-order chi connectivity index (χ1) is 7.86. The van der Waals surface area contributed by atoms with Crippen LogP contribution in [0.5, 0.6) is 0 Å². The summed E-state index contributed by atoms with van der Waals surface area (Å²) in [6.07, 6.45) is 1.84. The summed E-state index contributed by atoms with van der Waals surface area (Å²) in [4.78, 5) is 0.356. The fourth-order valence-electron chi connectivity index (χ4n) is 2.30. The molecular formula is C12H16BrNO2S. The van der Waals surface area contributed by atoms with Gasteiger partial charge in [-0.2, -0.15) is 4.31 Å². The number of sulfonamides is 1. The number of halogens is 1. The summed E-state index contributed by atoms with van der Waals surface area (Å²) >= 11 is 3.31. The molecule has 1 fully saturated rings. The van der Waals surface area contributed by atoms with Crippen LogP contribution >= 0.6 is 15.9 Å². The largest absolute Gasteiger partial charge is 0.244 e. The highest BCUT2D eigenvalue weighted by atomic mass is 79.9. The third kappa shape index (κ3) is 2.28. The number of rotatable bonds is 2. The zero-order valence-corrected chi connectivity index (χ0v) is 12.4. The van der Waals surface area contributed by atoms with Crippen LogP contribution < -0.4 is 0 Å². The highest BCUT2D eigenvalue weighted by Gasteiger charge is 2.41. The Kier molecular flexibility index (Phi) is 3.36. The molecule has 5 heteroatoms. The monoisotopic (exact) mass is 317 g/mol. The van der Waals surface area contributed by atoms with Crippen LogP contribution in [0.15, 0.2) is 33.6 Å². The molecule has 0 aromatic heterocycles.